The molecule has 162 valence electrons. The van der Waals surface area contributed by atoms with Gasteiger partial charge in [0.1, 0.15) is 12.6 Å². The van der Waals surface area contributed by atoms with Crippen LogP contribution in [0.5, 0.6) is 0 Å². The predicted octanol–water partition coefficient (Wildman–Crippen LogP) is 4.21. The molecule has 31 heavy (non-hydrogen) atoms. The molecule has 1 saturated carbocycles. The largest absolute Gasteiger partial charge is 0.482 e. The molecule has 1 saturated heterocycles. The highest BCUT2D eigenvalue weighted by atomic mass is 35.5. The van der Waals surface area contributed by atoms with E-state index in [1.54, 1.807) is 17.0 Å². The minimum absolute atomic E-state index is 0.0397. The highest BCUT2D eigenvalue weighted by Gasteiger charge is 2.42. The molecule has 2 aliphatic rings. The fraction of sp³-hybridized carbons (Fsp3) is 0.360. The Bertz CT molecular complexity index is 960. The first-order chi connectivity index (χ1) is 15.1. The quantitative estimate of drug-likeness (QED) is 0.687. The van der Waals surface area contributed by atoms with E-state index >= 15 is 0 Å². The van der Waals surface area contributed by atoms with Crippen molar-refractivity contribution in [2.75, 3.05) is 13.1 Å². The molecule has 1 aliphatic carbocycles. The zero-order valence-electron chi connectivity index (χ0n) is 17.4. The number of benzene rings is 2. The lowest BCUT2D eigenvalue weighted by Crippen LogP contribution is -2.57. The maximum atomic E-state index is 13.2. The van der Waals surface area contributed by atoms with Crippen LogP contribution in [0.1, 0.15) is 36.8 Å². The third-order valence-electron chi connectivity index (χ3n) is 5.90. The van der Waals surface area contributed by atoms with Gasteiger partial charge >= 0.3 is 0 Å². The summed E-state index contributed by atoms with van der Waals surface area (Å²) in [5, 5.41) is 3.51. The van der Waals surface area contributed by atoms with E-state index in [1.807, 2.05) is 48.5 Å². The Balaban J connectivity index is 1.45. The summed E-state index contributed by atoms with van der Waals surface area (Å²) in [6.45, 7) is 0.579. The molecule has 2 aromatic carbocycles. The molecule has 4 rings (SSSR count). The van der Waals surface area contributed by atoms with Gasteiger partial charge < -0.3 is 15.0 Å². The summed E-state index contributed by atoms with van der Waals surface area (Å²) in [6.07, 6.45) is 6.19. The zero-order valence-corrected chi connectivity index (χ0v) is 18.2. The Kier molecular flexibility index (Phi) is 6.92. The minimum Gasteiger partial charge on any atom is -0.482 e. The normalized spacial score (nSPS) is 22.0. The molecule has 2 atom stereocenters. The molecule has 0 spiro atoms. The average molecular weight is 439 g/mol. The van der Waals surface area contributed by atoms with Crippen LogP contribution in [-0.2, 0) is 20.7 Å². The second-order valence-electron chi connectivity index (χ2n) is 8.06. The van der Waals surface area contributed by atoms with Gasteiger partial charge in [0.05, 0.1) is 6.04 Å². The molecule has 0 aromatic heterocycles. The van der Waals surface area contributed by atoms with Gasteiger partial charge in [0.25, 0.3) is 5.91 Å². The minimum atomic E-state index is -0.249. The van der Waals surface area contributed by atoms with Crippen LogP contribution in [0.4, 0.5) is 0 Å². The van der Waals surface area contributed by atoms with Crippen LogP contribution in [-0.4, -0.2) is 41.9 Å². The van der Waals surface area contributed by atoms with Gasteiger partial charge in [-0.25, -0.2) is 0 Å². The standard InChI is InChI=1S/C25H27ClN2O3/c26-20-11-5-4-10-19(20)16-23-25(30)28(21-12-6-7-13-22(21)31-23)17-24(29)27-15-14-18-8-2-1-3-9-18/h1-5,8-11,16,21-22H,6-7,12-15,17H2,(H,27,29)/b23-16+. The van der Waals surface area contributed by atoms with Gasteiger partial charge in [-0.3, -0.25) is 9.59 Å². The highest BCUT2D eigenvalue weighted by Crippen LogP contribution is 2.33. The van der Waals surface area contributed by atoms with E-state index in [4.69, 9.17) is 16.3 Å². The highest BCUT2D eigenvalue weighted by molar-refractivity contribution is 6.32. The van der Waals surface area contributed by atoms with Crippen molar-refractivity contribution in [1.82, 2.24) is 10.2 Å². The van der Waals surface area contributed by atoms with Crippen LogP contribution >= 0.6 is 11.6 Å². The number of hydrogen-bond donors (Lipinski definition) is 1. The van der Waals surface area contributed by atoms with E-state index in [2.05, 4.69) is 5.32 Å². The molecule has 0 radical (unpaired) electrons. The lowest BCUT2D eigenvalue weighted by atomic mass is 9.89. The smallest absolute Gasteiger partial charge is 0.289 e. The molecule has 2 aromatic rings. The molecule has 2 amide bonds. The van der Waals surface area contributed by atoms with E-state index in [0.717, 1.165) is 37.7 Å². The Morgan fingerprint density at radius 2 is 1.84 bits per heavy atom. The van der Waals surface area contributed by atoms with E-state index in [-0.39, 0.29) is 36.3 Å². The Hall–Kier alpha value is -2.79. The Morgan fingerprint density at radius 3 is 2.65 bits per heavy atom. The van der Waals surface area contributed by atoms with Gasteiger partial charge in [-0.05, 0) is 49.0 Å². The number of nitrogens with one attached hydrogen (secondary N) is 1. The van der Waals surface area contributed by atoms with E-state index < -0.39 is 0 Å². The summed E-state index contributed by atoms with van der Waals surface area (Å²) in [7, 11) is 0. The molecule has 2 fully saturated rings. The molecular weight excluding hydrogens is 412 g/mol. The van der Waals surface area contributed by atoms with Gasteiger partial charge in [0.2, 0.25) is 5.91 Å². The Morgan fingerprint density at radius 1 is 1.10 bits per heavy atom. The first-order valence-corrected chi connectivity index (χ1v) is 11.2. The van der Waals surface area contributed by atoms with Crippen molar-refractivity contribution >= 4 is 29.5 Å². The number of amides is 2. The van der Waals surface area contributed by atoms with Crippen LogP contribution in [0.2, 0.25) is 5.02 Å². The number of nitrogens with zero attached hydrogens (tertiary/aromatic N) is 1. The summed E-state index contributed by atoms with van der Waals surface area (Å²) in [4.78, 5) is 27.6. The molecule has 1 N–H and O–H groups in total. The molecule has 5 nitrogen and oxygen atoms in total. The third-order valence-corrected chi connectivity index (χ3v) is 6.25. The monoisotopic (exact) mass is 438 g/mol. The molecule has 6 heteroatoms. The van der Waals surface area contributed by atoms with E-state index in [0.29, 0.717) is 11.6 Å². The number of fused-ring (bicyclic) bond motifs is 1. The maximum absolute atomic E-state index is 13.2. The summed E-state index contributed by atoms with van der Waals surface area (Å²) in [5.41, 5.74) is 1.90. The van der Waals surface area contributed by atoms with Crippen LogP contribution in [0, 0.1) is 0 Å². The second kappa shape index (κ2) is 10.0. The summed E-state index contributed by atoms with van der Waals surface area (Å²) < 4.78 is 6.09. The lowest BCUT2D eigenvalue weighted by molar-refractivity contribution is -0.151. The SMILES string of the molecule is O=C(CN1C(=O)/C(=C\c2ccccc2Cl)OC2CCCCC21)NCCc1ccccc1. The van der Waals surface area contributed by atoms with Crippen LogP contribution in [0.25, 0.3) is 6.08 Å². The fourth-order valence-electron chi connectivity index (χ4n) is 4.30. The summed E-state index contributed by atoms with van der Waals surface area (Å²) in [6, 6.07) is 17.3. The average Bonchev–Trinajstić information content (AvgIpc) is 2.79. The molecule has 1 aliphatic heterocycles. The topological polar surface area (TPSA) is 58.6 Å². The molecule has 1 heterocycles. The first-order valence-electron chi connectivity index (χ1n) is 10.9. The van der Waals surface area contributed by atoms with Crippen LogP contribution in [0.15, 0.2) is 60.4 Å². The summed E-state index contributed by atoms with van der Waals surface area (Å²) >= 11 is 6.27. The molecular formula is C25H27ClN2O3. The zero-order chi connectivity index (χ0) is 21.6. The number of rotatable bonds is 6. The number of carbonyl (C=O) groups excluding carboxylic acids is 2. The Labute approximate surface area is 188 Å². The van der Waals surface area contributed by atoms with Gasteiger partial charge in [0, 0.05) is 11.6 Å². The number of ether oxygens (including phenoxy) is 1. The van der Waals surface area contributed by atoms with Crippen LogP contribution in [0.3, 0.4) is 0 Å². The summed E-state index contributed by atoms with van der Waals surface area (Å²) in [5.74, 6) is -0.137. The predicted molar refractivity (Wildman–Crippen MR) is 121 cm³/mol. The van der Waals surface area contributed by atoms with E-state index in [9.17, 15) is 9.59 Å². The van der Waals surface area contributed by atoms with Crippen molar-refractivity contribution in [3.8, 4) is 0 Å². The van der Waals surface area contributed by atoms with Crippen molar-refractivity contribution in [3.05, 3.63) is 76.5 Å². The number of carbonyl (C=O) groups is 2. The van der Waals surface area contributed by atoms with Crippen LogP contribution < -0.4 is 5.32 Å². The van der Waals surface area contributed by atoms with Gasteiger partial charge in [-0.2, -0.15) is 0 Å². The van der Waals surface area contributed by atoms with Crippen molar-refractivity contribution in [3.63, 3.8) is 0 Å². The molecule has 0 bridgehead atoms. The number of morpholine rings is 1. The fourth-order valence-corrected chi connectivity index (χ4v) is 4.49. The van der Waals surface area contributed by atoms with E-state index in [1.165, 1.54) is 5.56 Å². The lowest BCUT2D eigenvalue weighted by Gasteiger charge is -2.44. The van der Waals surface area contributed by atoms with Crippen molar-refractivity contribution in [1.29, 1.82) is 0 Å². The van der Waals surface area contributed by atoms with Crippen molar-refractivity contribution in [2.45, 2.75) is 44.2 Å². The maximum Gasteiger partial charge on any atom is 0.289 e. The third kappa shape index (κ3) is 5.28. The second-order valence-corrected chi connectivity index (χ2v) is 8.46. The van der Waals surface area contributed by atoms with Gasteiger partial charge in [-0.1, -0.05) is 66.6 Å². The number of hydrogen-bond acceptors (Lipinski definition) is 3. The molecule has 2 unspecified atom stereocenters. The number of halogens is 1. The van der Waals surface area contributed by atoms with Crippen molar-refractivity contribution < 1.29 is 14.3 Å². The van der Waals surface area contributed by atoms with Gasteiger partial charge in [-0.15, -0.1) is 0 Å². The first kappa shape index (κ1) is 21.4. The van der Waals surface area contributed by atoms with Gasteiger partial charge in [0.15, 0.2) is 5.76 Å². The van der Waals surface area contributed by atoms with Crippen molar-refractivity contribution in [2.24, 2.45) is 0 Å².